The van der Waals surface area contributed by atoms with Crippen molar-refractivity contribution in [2.75, 3.05) is 5.32 Å². The van der Waals surface area contributed by atoms with E-state index in [0.717, 1.165) is 5.56 Å². The highest BCUT2D eigenvalue weighted by Gasteiger charge is 2.17. The van der Waals surface area contributed by atoms with E-state index in [1.807, 2.05) is 0 Å². The van der Waals surface area contributed by atoms with Crippen molar-refractivity contribution in [2.45, 2.75) is 46.3 Å². The van der Waals surface area contributed by atoms with Crippen LogP contribution in [0, 0.1) is 6.92 Å². The van der Waals surface area contributed by atoms with Gasteiger partial charge in [-0.25, -0.2) is 9.59 Å². The largest absolute Gasteiger partial charge is 0.479 e. The van der Waals surface area contributed by atoms with Gasteiger partial charge in [0.1, 0.15) is 11.4 Å². The summed E-state index contributed by atoms with van der Waals surface area (Å²) in [6.45, 7) is 8.54. The van der Waals surface area contributed by atoms with E-state index < -0.39 is 23.8 Å². The normalized spacial score (nSPS) is 12.4. The first-order valence-electron chi connectivity index (χ1n) is 6.58. The molecule has 0 saturated heterocycles. The maximum atomic E-state index is 11.7. The smallest absolute Gasteiger partial charge is 0.412 e. The van der Waals surface area contributed by atoms with Crippen molar-refractivity contribution in [3.05, 3.63) is 23.8 Å². The van der Waals surface area contributed by atoms with Gasteiger partial charge in [0.15, 0.2) is 6.10 Å². The molecular formula is C15H21NO5. The molecular weight excluding hydrogens is 274 g/mol. The summed E-state index contributed by atoms with van der Waals surface area (Å²) in [5.74, 6) is -0.654. The van der Waals surface area contributed by atoms with E-state index in [4.69, 9.17) is 14.6 Å². The van der Waals surface area contributed by atoms with Crippen LogP contribution in [0.4, 0.5) is 10.5 Å². The van der Waals surface area contributed by atoms with Crippen LogP contribution in [0.25, 0.3) is 0 Å². The summed E-state index contributed by atoms with van der Waals surface area (Å²) < 4.78 is 10.5. The lowest BCUT2D eigenvalue weighted by molar-refractivity contribution is -0.144. The van der Waals surface area contributed by atoms with Crippen LogP contribution in [0.5, 0.6) is 5.75 Å². The molecule has 1 amide bonds. The Hall–Kier alpha value is -2.24. The van der Waals surface area contributed by atoms with Crippen LogP contribution in [0.15, 0.2) is 18.2 Å². The van der Waals surface area contributed by atoms with Crippen molar-refractivity contribution in [1.82, 2.24) is 0 Å². The monoisotopic (exact) mass is 295 g/mol. The van der Waals surface area contributed by atoms with Crippen molar-refractivity contribution in [3.8, 4) is 5.75 Å². The first kappa shape index (κ1) is 16.8. The molecule has 21 heavy (non-hydrogen) atoms. The summed E-state index contributed by atoms with van der Waals surface area (Å²) in [6, 6.07) is 4.99. The average molecular weight is 295 g/mol. The third-order valence-electron chi connectivity index (χ3n) is 2.48. The number of hydrogen-bond donors (Lipinski definition) is 2. The maximum Gasteiger partial charge on any atom is 0.412 e. The number of benzene rings is 1. The summed E-state index contributed by atoms with van der Waals surface area (Å²) in [6.07, 6.45) is -1.55. The van der Waals surface area contributed by atoms with Gasteiger partial charge in [0.05, 0.1) is 0 Å². The number of ether oxygens (including phenoxy) is 2. The minimum atomic E-state index is -1.06. The molecule has 6 heteroatoms. The van der Waals surface area contributed by atoms with E-state index in [0.29, 0.717) is 11.4 Å². The molecule has 1 atom stereocenters. The number of hydrogen-bond acceptors (Lipinski definition) is 4. The van der Waals surface area contributed by atoms with Crippen molar-refractivity contribution in [2.24, 2.45) is 0 Å². The Bertz CT molecular complexity index is 533. The predicted molar refractivity (Wildman–Crippen MR) is 78.8 cm³/mol. The zero-order valence-corrected chi connectivity index (χ0v) is 12.9. The van der Waals surface area contributed by atoms with E-state index in [1.165, 1.54) is 6.92 Å². The molecule has 0 bridgehead atoms. The zero-order chi connectivity index (χ0) is 16.2. The Kier molecular flexibility index (Phi) is 5.18. The van der Waals surface area contributed by atoms with E-state index >= 15 is 0 Å². The summed E-state index contributed by atoms with van der Waals surface area (Å²) >= 11 is 0. The molecule has 0 spiro atoms. The minimum Gasteiger partial charge on any atom is -0.479 e. The Labute approximate surface area is 124 Å². The molecule has 1 unspecified atom stereocenters. The molecule has 0 saturated carbocycles. The number of amides is 1. The van der Waals surface area contributed by atoms with Crippen LogP contribution in [0.3, 0.4) is 0 Å². The van der Waals surface area contributed by atoms with Gasteiger partial charge in [0.2, 0.25) is 0 Å². The van der Waals surface area contributed by atoms with Crippen LogP contribution in [0.1, 0.15) is 33.3 Å². The van der Waals surface area contributed by atoms with Crippen molar-refractivity contribution in [3.63, 3.8) is 0 Å². The lowest BCUT2D eigenvalue weighted by Gasteiger charge is -2.20. The van der Waals surface area contributed by atoms with Crippen LogP contribution in [0.2, 0.25) is 0 Å². The van der Waals surface area contributed by atoms with Gasteiger partial charge >= 0.3 is 12.1 Å². The van der Waals surface area contributed by atoms with Crippen LogP contribution < -0.4 is 10.1 Å². The van der Waals surface area contributed by atoms with E-state index in [2.05, 4.69) is 5.32 Å². The Balaban J connectivity index is 2.82. The number of anilines is 1. The van der Waals surface area contributed by atoms with Gasteiger partial charge in [-0.3, -0.25) is 5.32 Å². The molecule has 0 aliphatic rings. The molecule has 0 aliphatic heterocycles. The molecule has 0 aromatic heterocycles. The van der Waals surface area contributed by atoms with Gasteiger partial charge in [-0.15, -0.1) is 0 Å². The quantitative estimate of drug-likeness (QED) is 0.891. The van der Waals surface area contributed by atoms with E-state index in [-0.39, 0.29) is 0 Å². The summed E-state index contributed by atoms with van der Waals surface area (Å²) in [4.78, 5) is 22.5. The van der Waals surface area contributed by atoms with Crippen LogP contribution in [-0.2, 0) is 9.53 Å². The van der Waals surface area contributed by atoms with Crippen LogP contribution >= 0.6 is 0 Å². The van der Waals surface area contributed by atoms with Gasteiger partial charge in [-0.1, -0.05) is 6.07 Å². The Morgan fingerprint density at radius 1 is 1.29 bits per heavy atom. The van der Waals surface area contributed by atoms with E-state index in [1.54, 1.807) is 45.9 Å². The minimum absolute atomic E-state index is 0.401. The van der Waals surface area contributed by atoms with Gasteiger partial charge in [-0.2, -0.15) is 0 Å². The van der Waals surface area contributed by atoms with Crippen molar-refractivity contribution >= 4 is 17.7 Å². The topological polar surface area (TPSA) is 84.9 Å². The fourth-order valence-corrected chi connectivity index (χ4v) is 1.47. The van der Waals surface area contributed by atoms with Crippen molar-refractivity contribution in [1.29, 1.82) is 0 Å². The first-order chi connectivity index (χ1) is 9.58. The van der Waals surface area contributed by atoms with E-state index in [9.17, 15) is 9.59 Å². The number of nitrogens with one attached hydrogen (secondary N) is 1. The Morgan fingerprint density at radius 3 is 2.43 bits per heavy atom. The molecule has 1 rings (SSSR count). The first-order valence-corrected chi connectivity index (χ1v) is 6.58. The second-order valence-corrected chi connectivity index (χ2v) is 5.71. The van der Waals surface area contributed by atoms with Gasteiger partial charge in [0, 0.05) is 11.8 Å². The fourth-order valence-electron chi connectivity index (χ4n) is 1.47. The molecule has 2 N–H and O–H groups in total. The summed E-state index contributed by atoms with van der Waals surface area (Å²) in [5.41, 5.74) is 0.659. The number of aryl methyl sites for hydroxylation is 1. The highest BCUT2D eigenvalue weighted by molar-refractivity contribution is 5.85. The molecule has 0 fully saturated rings. The highest BCUT2D eigenvalue weighted by atomic mass is 16.6. The number of rotatable bonds is 4. The number of carbonyl (C=O) groups excluding carboxylic acids is 1. The third kappa shape index (κ3) is 5.72. The molecule has 0 heterocycles. The predicted octanol–water partition coefficient (Wildman–Crippen LogP) is 3.19. The number of carbonyl (C=O) groups is 2. The summed E-state index contributed by atoms with van der Waals surface area (Å²) in [5, 5.41) is 11.4. The van der Waals surface area contributed by atoms with Gasteiger partial charge in [0.25, 0.3) is 0 Å². The Morgan fingerprint density at radius 2 is 1.90 bits per heavy atom. The fraction of sp³-hybridized carbons (Fsp3) is 0.467. The second-order valence-electron chi connectivity index (χ2n) is 5.71. The number of carboxylic acid groups (broad SMARTS) is 1. The standard InChI is InChI=1S/C15H21NO5/c1-9-6-7-11(16-14(19)21-15(3,4)5)8-12(9)20-10(2)13(17)18/h6-8,10H,1-5H3,(H,16,19)(H,17,18). The number of aliphatic carboxylic acids is 1. The lowest BCUT2D eigenvalue weighted by atomic mass is 10.2. The lowest BCUT2D eigenvalue weighted by Crippen LogP contribution is -2.27. The van der Waals surface area contributed by atoms with Crippen molar-refractivity contribution < 1.29 is 24.2 Å². The molecule has 116 valence electrons. The molecule has 0 radical (unpaired) electrons. The van der Waals surface area contributed by atoms with Gasteiger partial charge in [-0.05, 0) is 46.2 Å². The van der Waals surface area contributed by atoms with Gasteiger partial charge < -0.3 is 14.6 Å². The third-order valence-corrected chi connectivity index (χ3v) is 2.48. The molecule has 0 aliphatic carbocycles. The average Bonchev–Trinajstić information content (AvgIpc) is 2.30. The summed E-state index contributed by atoms with van der Waals surface area (Å²) in [7, 11) is 0. The molecule has 1 aromatic carbocycles. The zero-order valence-electron chi connectivity index (χ0n) is 12.9. The second kappa shape index (κ2) is 6.47. The molecule has 1 aromatic rings. The molecule has 6 nitrogen and oxygen atoms in total. The maximum absolute atomic E-state index is 11.7. The number of carboxylic acids is 1. The van der Waals surface area contributed by atoms with Crippen LogP contribution in [-0.4, -0.2) is 28.9 Å². The SMILES string of the molecule is Cc1ccc(NC(=O)OC(C)(C)C)cc1OC(C)C(=O)O. The highest BCUT2D eigenvalue weighted by Crippen LogP contribution is 2.24.